The zero-order valence-corrected chi connectivity index (χ0v) is 9.70. The quantitative estimate of drug-likeness (QED) is 0.486. The van der Waals surface area contributed by atoms with Crippen LogP contribution in [-0.2, 0) is 9.53 Å². The second kappa shape index (κ2) is 10.0. The second-order valence-electron chi connectivity index (χ2n) is 3.37. The Morgan fingerprint density at radius 2 is 2.00 bits per heavy atom. The van der Waals surface area contributed by atoms with Crippen LogP contribution >= 0.6 is 0 Å². The Bertz CT molecular complexity index is 239. The molecule has 0 aliphatic carbocycles. The smallest absolute Gasteiger partial charge is 0.407 e. The predicted octanol–water partition coefficient (Wildman–Crippen LogP) is 1.33. The van der Waals surface area contributed by atoms with Gasteiger partial charge in [-0.05, 0) is 12.8 Å². The Kier molecular flexibility index (Phi) is 9.06. The van der Waals surface area contributed by atoms with E-state index in [9.17, 15) is 9.59 Å². The van der Waals surface area contributed by atoms with Crippen molar-refractivity contribution >= 4 is 12.0 Å². The fraction of sp³-hybridized carbons (Fsp3) is 0.636. The summed E-state index contributed by atoms with van der Waals surface area (Å²) in [6, 6.07) is 0. The van der Waals surface area contributed by atoms with Gasteiger partial charge in [0.15, 0.2) is 6.61 Å². The lowest BCUT2D eigenvalue weighted by Gasteiger charge is -2.03. The molecule has 0 unspecified atom stereocenters. The van der Waals surface area contributed by atoms with Crippen LogP contribution in [0.4, 0.5) is 4.79 Å². The minimum Gasteiger partial charge on any atom is -0.439 e. The fourth-order valence-corrected chi connectivity index (χ4v) is 1.00. The van der Waals surface area contributed by atoms with Crippen molar-refractivity contribution < 1.29 is 14.3 Å². The number of carbonyl (C=O) groups excluding carboxylic acids is 2. The first-order valence-electron chi connectivity index (χ1n) is 5.50. The van der Waals surface area contributed by atoms with Gasteiger partial charge in [-0.2, -0.15) is 0 Å². The molecule has 0 spiro atoms. The molecule has 0 aromatic heterocycles. The van der Waals surface area contributed by atoms with Gasteiger partial charge in [0.2, 0.25) is 0 Å². The molecular weight excluding hydrogens is 208 g/mol. The van der Waals surface area contributed by atoms with E-state index in [1.165, 1.54) is 12.8 Å². The van der Waals surface area contributed by atoms with Crippen LogP contribution in [0.5, 0.6) is 0 Å². The van der Waals surface area contributed by atoms with Gasteiger partial charge in [0, 0.05) is 6.54 Å². The number of carbonyl (C=O) groups is 2. The molecule has 0 saturated carbocycles. The van der Waals surface area contributed by atoms with Gasteiger partial charge in [0.25, 0.3) is 5.91 Å². The van der Waals surface area contributed by atoms with E-state index in [2.05, 4.69) is 23.1 Å². The average molecular weight is 228 g/mol. The molecule has 0 rings (SSSR count). The van der Waals surface area contributed by atoms with E-state index >= 15 is 0 Å². The second-order valence-corrected chi connectivity index (χ2v) is 3.37. The normalized spacial score (nSPS) is 10.3. The number of alkyl carbamates (subject to hydrolysis) is 1. The van der Waals surface area contributed by atoms with Gasteiger partial charge in [-0.25, -0.2) is 4.79 Å². The molecule has 0 aromatic rings. The molecule has 5 nitrogen and oxygen atoms in total. The van der Waals surface area contributed by atoms with Gasteiger partial charge in [0.1, 0.15) is 0 Å². The summed E-state index contributed by atoms with van der Waals surface area (Å²) in [5, 5.41) is 2.51. The summed E-state index contributed by atoms with van der Waals surface area (Å²) >= 11 is 0. The lowest BCUT2D eigenvalue weighted by atomic mass is 10.2. The SMILES string of the molecule is CCCC/C=C\CCNC(=O)OCC(N)=O. The number of hydrogen-bond donors (Lipinski definition) is 2. The maximum Gasteiger partial charge on any atom is 0.407 e. The Balaban J connectivity index is 3.33. The topological polar surface area (TPSA) is 81.4 Å². The van der Waals surface area contributed by atoms with Gasteiger partial charge in [0.05, 0.1) is 0 Å². The van der Waals surface area contributed by atoms with Gasteiger partial charge < -0.3 is 15.8 Å². The van der Waals surface area contributed by atoms with Crippen molar-refractivity contribution in [1.29, 1.82) is 0 Å². The largest absolute Gasteiger partial charge is 0.439 e. The van der Waals surface area contributed by atoms with Gasteiger partial charge in [-0.1, -0.05) is 31.9 Å². The Labute approximate surface area is 96.0 Å². The van der Waals surface area contributed by atoms with E-state index in [0.717, 1.165) is 12.8 Å². The minimum absolute atomic E-state index is 0.377. The molecule has 0 saturated heterocycles. The van der Waals surface area contributed by atoms with Crippen molar-refractivity contribution in [2.45, 2.75) is 32.6 Å². The molecule has 0 aliphatic heterocycles. The number of nitrogens with one attached hydrogen (secondary N) is 1. The van der Waals surface area contributed by atoms with E-state index in [1.807, 2.05) is 6.08 Å². The molecule has 3 N–H and O–H groups in total. The number of rotatable bonds is 8. The summed E-state index contributed by atoms with van der Waals surface area (Å²) in [7, 11) is 0. The molecule has 92 valence electrons. The lowest BCUT2D eigenvalue weighted by molar-refractivity contribution is -0.120. The van der Waals surface area contributed by atoms with Crippen LogP contribution in [0.15, 0.2) is 12.2 Å². The van der Waals surface area contributed by atoms with Crippen molar-refractivity contribution in [3.63, 3.8) is 0 Å². The summed E-state index contributed by atoms with van der Waals surface area (Å²) < 4.78 is 4.50. The highest BCUT2D eigenvalue weighted by Gasteiger charge is 2.01. The number of primary amides is 1. The van der Waals surface area contributed by atoms with Gasteiger partial charge >= 0.3 is 6.09 Å². The zero-order valence-electron chi connectivity index (χ0n) is 9.70. The summed E-state index contributed by atoms with van der Waals surface area (Å²) in [6.45, 7) is 2.27. The van der Waals surface area contributed by atoms with Crippen molar-refractivity contribution in [3.05, 3.63) is 12.2 Å². The first-order chi connectivity index (χ1) is 7.66. The molecule has 0 aromatic carbocycles. The third-order valence-electron chi connectivity index (χ3n) is 1.82. The van der Waals surface area contributed by atoms with Crippen molar-refractivity contribution in [2.75, 3.05) is 13.2 Å². The molecule has 0 heterocycles. The van der Waals surface area contributed by atoms with Crippen molar-refractivity contribution in [2.24, 2.45) is 5.73 Å². The van der Waals surface area contributed by atoms with Crippen molar-refractivity contribution in [1.82, 2.24) is 5.32 Å². The standard InChI is InChI=1S/C11H20N2O3/c1-2-3-4-5-6-7-8-13-11(15)16-9-10(12)14/h5-6H,2-4,7-9H2,1H3,(H2,12,14)(H,13,15)/b6-5-. The summed E-state index contributed by atoms with van der Waals surface area (Å²) in [5.41, 5.74) is 4.81. The number of ether oxygens (including phenoxy) is 1. The summed E-state index contributed by atoms with van der Waals surface area (Å²) in [5.74, 6) is -0.658. The first-order valence-corrected chi connectivity index (χ1v) is 5.50. The van der Waals surface area contributed by atoms with E-state index in [1.54, 1.807) is 0 Å². The van der Waals surface area contributed by atoms with Crippen LogP contribution < -0.4 is 11.1 Å². The van der Waals surface area contributed by atoms with E-state index in [0.29, 0.717) is 6.54 Å². The average Bonchev–Trinajstić information content (AvgIpc) is 2.25. The van der Waals surface area contributed by atoms with Gasteiger partial charge in [-0.15, -0.1) is 0 Å². The van der Waals surface area contributed by atoms with Crippen molar-refractivity contribution in [3.8, 4) is 0 Å². The highest BCUT2D eigenvalue weighted by Crippen LogP contribution is 1.95. The molecule has 0 radical (unpaired) electrons. The van der Waals surface area contributed by atoms with Crippen LogP contribution in [0.1, 0.15) is 32.6 Å². The van der Waals surface area contributed by atoms with E-state index in [-0.39, 0.29) is 6.61 Å². The summed E-state index contributed by atoms with van der Waals surface area (Å²) in [6.07, 6.45) is 7.70. The first kappa shape index (κ1) is 14.5. The van der Waals surface area contributed by atoms with Crippen LogP contribution in [0.2, 0.25) is 0 Å². The molecule has 16 heavy (non-hydrogen) atoms. The molecule has 5 heteroatoms. The number of nitrogens with two attached hydrogens (primary N) is 1. The Hall–Kier alpha value is -1.52. The highest BCUT2D eigenvalue weighted by molar-refractivity contribution is 5.78. The van der Waals surface area contributed by atoms with E-state index < -0.39 is 12.0 Å². The third-order valence-corrected chi connectivity index (χ3v) is 1.82. The number of allylic oxidation sites excluding steroid dienone is 1. The Morgan fingerprint density at radius 3 is 2.62 bits per heavy atom. The number of amides is 2. The number of hydrogen-bond acceptors (Lipinski definition) is 3. The van der Waals surface area contributed by atoms with Crippen LogP contribution in [0, 0.1) is 0 Å². The van der Waals surface area contributed by atoms with Crippen LogP contribution in [0.25, 0.3) is 0 Å². The maximum absolute atomic E-state index is 10.9. The lowest BCUT2D eigenvalue weighted by Crippen LogP contribution is -2.29. The predicted molar refractivity (Wildman–Crippen MR) is 61.8 cm³/mol. The van der Waals surface area contributed by atoms with E-state index in [4.69, 9.17) is 5.73 Å². The third kappa shape index (κ3) is 10.6. The molecule has 0 fully saturated rings. The zero-order chi connectivity index (χ0) is 12.2. The monoisotopic (exact) mass is 228 g/mol. The molecule has 0 atom stereocenters. The van der Waals surface area contributed by atoms with Gasteiger partial charge in [-0.3, -0.25) is 4.79 Å². The highest BCUT2D eigenvalue weighted by atomic mass is 16.6. The summed E-state index contributed by atoms with van der Waals surface area (Å²) in [4.78, 5) is 21.2. The van der Waals surface area contributed by atoms with Crippen LogP contribution in [0.3, 0.4) is 0 Å². The number of unbranched alkanes of at least 4 members (excludes halogenated alkanes) is 2. The Morgan fingerprint density at radius 1 is 1.31 bits per heavy atom. The molecule has 2 amide bonds. The molecule has 0 bridgehead atoms. The fourth-order valence-electron chi connectivity index (χ4n) is 1.00. The molecular formula is C11H20N2O3. The molecule has 0 aliphatic rings. The maximum atomic E-state index is 10.9. The minimum atomic E-state index is -0.658. The van der Waals surface area contributed by atoms with Crippen LogP contribution in [-0.4, -0.2) is 25.2 Å².